The zero-order valence-corrected chi connectivity index (χ0v) is 20.5. The van der Waals surface area contributed by atoms with Crippen molar-refractivity contribution < 1.29 is 9.59 Å². The number of thiol groups is 1. The smallest absolute Gasteiger partial charge is 0.243 e. The maximum atomic E-state index is 12.4. The summed E-state index contributed by atoms with van der Waals surface area (Å²) in [6, 6.07) is 14.8. The molecule has 4 heterocycles. The molecular formula is C25H27N5O2S2. The Bertz CT molecular complexity index is 1250. The molecular weight excluding hydrogens is 466 g/mol. The highest BCUT2D eigenvalue weighted by Gasteiger charge is 2.39. The minimum Gasteiger partial charge on any atom is -0.353 e. The largest absolute Gasteiger partial charge is 0.353 e. The summed E-state index contributed by atoms with van der Waals surface area (Å²) < 4.78 is 5.96. The lowest BCUT2D eigenvalue weighted by Gasteiger charge is -2.35. The van der Waals surface area contributed by atoms with Crippen molar-refractivity contribution in [3.05, 3.63) is 59.2 Å². The first kappa shape index (κ1) is 22.0. The number of anilines is 1. The van der Waals surface area contributed by atoms with Crippen LogP contribution in [0.1, 0.15) is 34.9 Å². The molecule has 2 fully saturated rings. The first-order valence-electron chi connectivity index (χ1n) is 11.8. The first-order chi connectivity index (χ1) is 16.6. The van der Waals surface area contributed by atoms with Crippen LogP contribution in [0.3, 0.4) is 0 Å². The SMILES string of the molecule is O=C1CCC(N2Cc3cc(CN4CCN(c5nsc6ccccc56)CC4)ccc3C2S)C(=O)N1. The predicted octanol–water partition coefficient (Wildman–Crippen LogP) is 3.17. The number of benzene rings is 2. The second-order valence-corrected chi connectivity index (χ2v) is 10.6. The molecule has 0 radical (unpaired) electrons. The lowest BCUT2D eigenvalue weighted by Crippen LogP contribution is -2.51. The third-order valence-electron chi connectivity index (χ3n) is 7.20. The molecule has 1 N–H and O–H groups in total. The van der Waals surface area contributed by atoms with Crippen molar-refractivity contribution in [2.24, 2.45) is 0 Å². The zero-order chi connectivity index (χ0) is 23.2. The van der Waals surface area contributed by atoms with E-state index in [-0.39, 0.29) is 23.2 Å². The van der Waals surface area contributed by atoms with Gasteiger partial charge in [-0.15, -0.1) is 0 Å². The lowest BCUT2D eigenvalue weighted by atomic mass is 10.0. The molecule has 0 bridgehead atoms. The number of imide groups is 1. The fraction of sp³-hybridized carbons (Fsp3) is 0.400. The molecule has 2 aromatic carbocycles. The number of hydrogen-bond acceptors (Lipinski definition) is 8. The maximum Gasteiger partial charge on any atom is 0.243 e. The molecule has 2 amide bonds. The van der Waals surface area contributed by atoms with Crippen LogP contribution in [0.5, 0.6) is 0 Å². The van der Waals surface area contributed by atoms with Gasteiger partial charge in [0.05, 0.1) is 16.1 Å². The minimum absolute atomic E-state index is 0.121. The quantitative estimate of drug-likeness (QED) is 0.430. The Morgan fingerprint density at radius 1 is 1.09 bits per heavy atom. The second kappa shape index (κ2) is 8.96. The number of fused-ring (bicyclic) bond motifs is 2. The van der Waals surface area contributed by atoms with E-state index in [4.69, 9.17) is 17.0 Å². The number of piperazine rings is 1. The second-order valence-electron chi connectivity index (χ2n) is 9.31. The fourth-order valence-electron chi connectivity index (χ4n) is 5.36. The molecule has 34 heavy (non-hydrogen) atoms. The van der Waals surface area contributed by atoms with Crippen molar-refractivity contribution in [1.82, 2.24) is 19.5 Å². The summed E-state index contributed by atoms with van der Waals surface area (Å²) in [5.74, 6) is 0.735. The highest BCUT2D eigenvalue weighted by Crippen LogP contribution is 2.39. The molecule has 2 unspecified atom stereocenters. The Morgan fingerprint density at radius 3 is 2.74 bits per heavy atom. The number of hydrogen-bond donors (Lipinski definition) is 2. The molecule has 1 aromatic heterocycles. The molecule has 0 spiro atoms. The average Bonchev–Trinajstić information content (AvgIpc) is 3.41. The van der Waals surface area contributed by atoms with Gasteiger partial charge in [-0.3, -0.25) is 24.7 Å². The zero-order valence-electron chi connectivity index (χ0n) is 18.8. The number of amides is 2. The van der Waals surface area contributed by atoms with Crippen LogP contribution in [0.15, 0.2) is 42.5 Å². The third kappa shape index (κ3) is 4.00. The van der Waals surface area contributed by atoms with Crippen LogP contribution >= 0.6 is 24.2 Å². The van der Waals surface area contributed by atoms with Gasteiger partial charge < -0.3 is 4.90 Å². The highest BCUT2D eigenvalue weighted by atomic mass is 32.1. The number of rotatable bonds is 4. The van der Waals surface area contributed by atoms with Gasteiger partial charge in [-0.2, -0.15) is 17.0 Å². The van der Waals surface area contributed by atoms with Gasteiger partial charge in [0, 0.05) is 51.1 Å². The van der Waals surface area contributed by atoms with Crippen molar-refractivity contribution in [2.45, 2.75) is 37.3 Å². The van der Waals surface area contributed by atoms with Crippen molar-refractivity contribution in [3.63, 3.8) is 0 Å². The summed E-state index contributed by atoms with van der Waals surface area (Å²) in [4.78, 5) is 30.9. The molecule has 3 aliphatic rings. The molecule has 2 saturated heterocycles. The van der Waals surface area contributed by atoms with E-state index in [2.05, 4.69) is 62.5 Å². The predicted molar refractivity (Wildman–Crippen MR) is 137 cm³/mol. The van der Waals surface area contributed by atoms with Gasteiger partial charge in [0.25, 0.3) is 0 Å². The summed E-state index contributed by atoms with van der Waals surface area (Å²) in [5.41, 5.74) is 3.68. The molecule has 7 nitrogen and oxygen atoms in total. The van der Waals surface area contributed by atoms with Crippen LogP contribution in [0.25, 0.3) is 10.1 Å². The van der Waals surface area contributed by atoms with Crippen molar-refractivity contribution in [1.29, 1.82) is 0 Å². The van der Waals surface area contributed by atoms with Crippen LogP contribution in [0.2, 0.25) is 0 Å². The standard InChI is InChI=1S/C25H27N5O2S2/c31-22-8-7-20(24(32)26-22)30-15-17-13-16(5-6-18(17)25(30)33)14-28-9-11-29(12-10-28)23-19-3-1-2-4-21(19)34-27-23/h1-6,13,20,25,33H,7-12,14-15H2,(H,26,31,32). The number of nitrogens with zero attached hydrogens (tertiary/aromatic N) is 4. The Balaban J connectivity index is 1.10. The summed E-state index contributed by atoms with van der Waals surface area (Å²) in [7, 11) is 0. The van der Waals surface area contributed by atoms with E-state index in [1.807, 2.05) is 0 Å². The van der Waals surface area contributed by atoms with Gasteiger partial charge in [0.2, 0.25) is 11.8 Å². The highest BCUT2D eigenvalue weighted by molar-refractivity contribution is 7.80. The molecule has 6 rings (SSSR count). The van der Waals surface area contributed by atoms with Gasteiger partial charge in [-0.1, -0.05) is 30.3 Å². The molecule has 3 aromatic rings. The van der Waals surface area contributed by atoms with Gasteiger partial charge >= 0.3 is 0 Å². The molecule has 0 saturated carbocycles. The fourth-order valence-corrected chi connectivity index (χ4v) is 6.65. The molecule has 0 aliphatic carbocycles. The van der Waals surface area contributed by atoms with E-state index >= 15 is 0 Å². The number of aromatic nitrogens is 1. The minimum atomic E-state index is -0.300. The van der Waals surface area contributed by atoms with Crippen molar-refractivity contribution in [2.75, 3.05) is 31.1 Å². The van der Waals surface area contributed by atoms with Crippen LogP contribution < -0.4 is 10.2 Å². The Hall–Kier alpha value is -2.46. The Labute approximate surface area is 208 Å². The number of piperidine rings is 1. The lowest BCUT2D eigenvalue weighted by molar-refractivity contribution is -0.137. The van der Waals surface area contributed by atoms with Gasteiger partial charge in [0.1, 0.15) is 5.82 Å². The summed E-state index contributed by atoms with van der Waals surface area (Å²) >= 11 is 6.39. The summed E-state index contributed by atoms with van der Waals surface area (Å²) in [6.07, 6.45) is 0.943. The summed E-state index contributed by atoms with van der Waals surface area (Å²) in [5, 5.41) is 3.61. The molecule has 2 atom stereocenters. The van der Waals surface area contributed by atoms with Crippen molar-refractivity contribution >= 4 is 51.9 Å². The average molecular weight is 494 g/mol. The van der Waals surface area contributed by atoms with Crippen LogP contribution in [0, 0.1) is 0 Å². The van der Waals surface area contributed by atoms with Crippen molar-refractivity contribution in [3.8, 4) is 0 Å². The monoisotopic (exact) mass is 493 g/mol. The van der Waals surface area contributed by atoms with Crippen LogP contribution in [-0.2, 0) is 22.7 Å². The van der Waals surface area contributed by atoms with E-state index in [9.17, 15) is 9.59 Å². The molecule has 9 heteroatoms. The normalized spacial score (nSPS) is 24.0. The first-order valence-corrected chi connectivity index (χ1v) is 13.1. The molecule has 176 valence electrons. The Kier molecular flexibility index (Phi) is 5.81. The number of nitrogens with one attached hydrogen (secondary N) is 1. The van der Waals surface area contributed by atoms with Crippen LogP contribution in [0.4, 0.5) is 5.82 Å². The van der Waals surface area contributed by atoms with E-state index < -0.39 is 0 Å². The number of carbonyl (C=O) groups is 2. The van der Waals surface area contributed by atoms with E-state index in [1.165, 1.54) is 21.2 Å². The van der Waals surface area contributed by atoms with E-state index in [0.717, 1.165) is 44.1 Å². The van der Waals surface area contributed by atoms with E-state index in [0.29, 0.717) is 19.4 Å². The maximum absolute atomic E-state index is 12.4. The third-order valence-corrected chi connectivity index (χ3v) is 8.59. The van der Waals surface area contributed by atoms with Gasteiger partial charge in [0.15, 0.2) is 0 Å². The number of carbonyl (C=O) groups excluding carboxylic acids is 2. The summed E-state index contributed by atoms with van der Waals surface area (Å²) in [6.45, 7) is 5.55. The van der Waals surface area contributed by atoms with E-state index in [1.54, 1.807) is 11.5 Å². The Morgan fingerprint density at radius 2 is 1.91 bits per heavy atom. The van der Waals surface area contributed by atoms with Gasteiger partial charge in [-0.25, -0.2) is 0 Å². The molecule has 3 aliphatic heterocycles. The topological polar surface area (TPSA) is 68.8 Å². The van der Waals surface area contributed by atoms with Gasteiger partial charge in [-0.05, 0) is 46.8 Å². The van der Waals surface area contributed by atoms with Crippen LogP contribution in [-0.4, -0.2) is 58.2 Å².